The van der Waals surface area contributed by atoms with Gasteiger partial charge in [-0.3, -0.25) is 0 Å². The largest absolute Gasteiger partial charge is 0.325 e. The summed E-state index contributed by atoms with van der Waals surface area (Å²) in [5.74, 6) is 0. The Labute approximate surface area is 172 Å². The third kappa shape index (κ3) is 2.91. The maximum Gasteiger partial charge on any atom is 0.165 e. The summed E-state index contributed by atoms with van der Waals surface area (Å²) in [6.07, 6.45) is 4.67. The third-order valence-corrected chi connectivity index (χ3v) is 5.65. The molecule has 0 aliphatic rings. The molecule has 4 aromatic rings. The highest BCUT2D eigenvalue weighted by atomic mass is 15.3. The molecule has 0 atom stereocenters. The molecule has 3 aromatic heterocycles. The third-order valence-electron chi connectivity index (χ3n) is 5.65. The van der Waals surface area contributed by atoms with E-state index >= 15 is 0 Å². The SMILES string of the molecule is C=CCc1cc2c(C)nc3c(-c4c(C)cc(C)cc4C)c(C)nn3c2n1CC=C. The molecule has 4 rings (SSSR count). The molecule has 1 aromatic carbocycles. The molecule has 0 radical (unpaired) electrons. The van der Waals surface area contributed by atoms with Gasteiger partial charge in [0.05, 0.1) is 17.0 Å². The van der Waals surface area contributed by atoms with Gasteiger partial charge >= 0.3 is 0 Å². The van der Waals surface area contributed by atoms with Gasteiger partial charge in [-0.05, 0) is 57.4 Å². The standard InChI is InChI=1S/C25H28N4/c1-8-10-20-14-21-18(6)26-24-23(22-16(4)12-15(3)13-17(22)5)19(7)27-29(24)25(21)28(20)11-9-2/h8-9,12-14H,1-2,10-11H2,3-7H3. The molecule has 4 nitrogen and oxygen atoms in total. The molecule has 0 aliphatic heterocycles. The van der Waals surface area contributed by atoms with Crippen LogP contribution in [-0.2, 0) is 13.0 Å². The van der Waals surface area contributed by atoms with Crippen molar-refractivity contribution in [2.75, 3.05) is 0 Å². The van der Waals surface area contributed by atoms with Crippen LogP contribution in [0.15, 0.2) is 43.5 Å². The van der Waals surface area contributed by atoms with Crippen LogP contribution in [0.25, 0.3) is 27.8 Å². The quantitative estimate of drug-likeness (QED) is 0.407. The predicted octanol–water partition coefficient (Wildman–Crippen LogP) is 5.81. The van der Waals surface area contributed by atoms with Crippen LogP contribution in [-0.4, -0.2) is 19.2 Å². The van der Waals surface area contributed by atoms with E-state index in [0.717, 1.165) is 46.6 Å². The van der Waals surface area contributed by atoms with Crippen LogP contribution in [0.4, 0.5) is 0 Å². The second-order valence-electron chi connectivity index (χ2n) is 7.93. The number of allylic oxidation sites excluding steroid dienone is 2. The van der Waals surface area contributed by atoms with Crippen molar-refractivity contribution in [2.45, 2.75) is 47.6 Å². The fourth-order valence-corrected chi connectivity index (χ4v) is 4.59. The summed E-state index contributed by atoms with van der Waals surface area (Å²) in [6.45, 7) is 19.2. The van der Waals surface area contributed by atoms with Crippen LogP contribution in [0.2, 0.25) is 0 Å². The maximum absolute atomic E-state index is 5.02. The molecular formula is C25H28N4. The van der Waals surface area contributed by atoms with Crippen molar-refractivity contribution >= 4 is 16.7 Å². The van der Waals surface area contributed by atoms with E-state index < -0.39 is 0 Å². The summed E-state index contributed by atoms with van der Waals surface area (Å²) < 4.78 is 4.29. The van der Waals surface area contributed by atoms with E-state index in [1.54, 1.807) is 0 Å². The average molecular weight is 385 g/mol. The van der Waals surface area contributed by atoms with Crippen LogP contribution in [0, 0.1) is 34.6 Å². The molecule has 3 heterocycles. The molecule has 0 bridgehead atoms. The normalized spacial score (nSPS) is 11.5. The van der Waals surface area contributed by atoms with Crippen LogP contribution in [0.5, 0.6) is 0 Å². The zero-order chi connectivity index (χ0) is 20.9. The number of fused-ring (bicyclic) bond motifs is 3. The minimum atomic E-state index is 0.724. The maximum atomic E-state index is 5.02. The number of aryl methyl sites for hydroxylation is 5. The number of hydrogen-bond acceptors (Lipinski definition) is 2. The molecule has 4 heteroatoms. The Balaban J connectivity index is 2.15. The lowest BCUT2D eigenvalue weighted by Crippen LogP contribution is -2.05. The van der Waals surface area contributed by atoms with Crippen molar-refractivity contribution < 1.29 is 0 Å². The highest BCUT2D eigenvalue weighted by Gasteiger charge is 2.22. The van der Waals surface area contributed by atoms with Crippen LogP contribution < -0.4 is 0 Å². The smallest absolute Gasteiger partial charge is 0.165 e. The summed E-state index contributed by atoms with van der Waals surface area (Å²) in [6, 6.07) is 6.68. The van der Waals surface area contributed by atoms with Gasteiger partial charge < -0.3 is 4.57 Å². The lowest BCUT2D eigenvalue weighted by molar-refractivity contribution is 0.776. The Kier molecular flexibility index (Phi) is 4.65. The highest BCUT2D eigenvalue weighted by molar-refractivity contribution is 5.90. The van der Waals surface area contributed by atoms with Gasteiger partial charge in [-0.1, -0.05) is 29.8 Å². The van der Waals surface area contributed by atoms with Crippen molar-refractivity contribution in [3.05, 3.63) is 77.3 Å². The van der Waals surface area contributed by atoms with E-state index in [-0.39, 0.29) is 0 Å². The summed E-state index contributed by atoms with van der Waals surface area (Å²) in [5, 5.41) is 6.08. The molecule has 0 saturated heterocycles. The second-order valence-corrected chi connectivity index (χ2v) is 7.93. The number of aromatic nitrogens is 4. The van der Waals surface area contributed by atoms with E-state index in [0.29, 0.717) is 0 Å². The average Bonchev–Trinajstić information content (AvgIpc) is 3.15. The number of rotatable bonds is 5. The summed E-state index contributed by atoms with van der Waals surface area (Å²) in [5.41, 5.74) is 11.4. The number of hydrogen-bond donors (Lipinski definition) is 0. The van der Waals surface area contributed by atoms with Crippen molar-refractivity contribution in [3.8, 4) is 11.1 Å². The first-order valence-electron chi connectivity index (χ1n) is 10.1. The molecule has 0 N–H and O–H groups in total. The molecule has 0 amide bonds. The topological polar surface area (TPSA) is 35.1 Å². The zero-order valence-electron chi connectivity index (χ0n) is 18.0. The molecule has 29 heavy (non-hydrogen) atoms. The van der Waals surface area contributed by atoms with E-state index in [1.165, 1.54) is 27.9 Å². The van der Waals surface area contributed by atoms with Gasteiger partial charge in [0.15, 0.2) is 5.65 Å². The van der Waals surface area contributed by atoms with E-state index in [9.17, 15) is 0 Å². The van der Waals surface area contributed by atoms with Gasteiger partial charge in [0.1, 0.15) is 5.65 Å². The Hall–Kier alpha value is -3.14. The van der Waals surface area contributed by atoms with Crippen molar-refractivity contribution in [3.63, 3.8) is 0 Å². The first kappa shape index (κ1) is 19.2. The lowest BCUT2D eigenvalue weighted by atomic mass is 9.94. The first-order valence-corrected chi connectivity index (χ1v) is 10.1. The lowest BCUT2D eigenvalue weighted by Gasteiger charge is -2.12. The number of benzene rings is 1. The van der Waals surface area contributed by atoms with E-state index in [1.807, 2.05) is 16.7 Å². The van der Waals surface area contributed by atoms with Gasteiger partial charge in [0.25, 0.3) is 0 Å². The highest BCUT2D eigenvalue weighted by Crippen LogP contribution is 2.35. The Bertz CT molecular complexity index is 1260. The first-order chi connectivity index (χ1) is 13.9. The van der Waals surface area contributed by atoms with Gasteiger partial charge in [-0.15, -0.1) is 13.2 Å². The minimum Gasteiger partial charge on any atom is -0.325 e. The molecule has 0 saturated carbocycles. The van der Waals surface area contributed by atoms with Crippen molar-refractivity contribution in [1.29, 1.82) is 0 Å². The fraction of sp³-hybridized carbons (Fsp3) is 0.280. The van der Waals surface area contributed by atoms with Crippen molar-refractivity contribution in [2.24, 2.45) is 0 Å². The van der Waals surface area contributed by atoms with Gasteiger partial charge in [-0.25, -0.2) is 4.98 Å². The van der Waals surface area contributed by atoms with Gasteiger partial charge in [-0.2, -0.15) is 9.61 Å². The molecule has 148 valence electrons. The Morgan fingerprint density at radius 2 is 1.59 bits per heavy atom. The Morgan fingerprint density at radius 1 is 0.897 bits per heavy atom. The number of nitrogens with zero attached hydrogens (tertiary/aromatic N) is 4. The second kappa shape index (κ2) is 7.03. The Morgan fingerprint density at radius 3 is 2.21 bits per heavy atom. The van der Waals surface area contributed by atoms with Crippen LogP contribution in [0.3, 0.4) is 0 Å². The monoisotopic (exact) mass is 384 g/mol. The minimum absolute atomic E-state index is 0.724. The van der Waals surface area contributed by atoms with Gasteiger partial charge in [0, 0.05) is 24.0 Å². The van der Waals surface area contributed by atoms with E-state index in [2.05, 4.69) is 70.5 Å². The molecular weight excluding hydrogens is 356 g/mol. The molecule has 0 aliphatic carbocycles. The van der Waals surface area contributed by atoms with Crippen molar-refractivity contribution in [1.82, 2.24) is 19.2 Å². The van der Waals surface area contributed by atoms with E-state index in [4.69, 9.17) is 10.1 Å². The predicted molar refractivity (Wildman–Crippen MR) is 122 cm³/mol. The molecule has 0 fully saturated rings. The molecule has 0 unspecified atom stereocenters. The fourth-order valence-electron chi connectivity index (χ4n) is 4.59. The summed E-state index contributed by atoms with van der Waals surface area (Å²) in [7, 11) is 0. The van der Waals surface area contributed by atoms with Crippen LogP contribution >= 0.6 is 0 Å². The zero-order valence-corrected chi connectivity index (χ0v) is 18.0. The summed E-state index contributed by atoms with van der Waals surface area (Å²) in [4.78, 5) is 5.02. The van der Waals surface area contributed by atoms with Crippen LogP contribution in [0.1, 0.15) is 33.8 Å². The van der Waals surface area contributed by atoms with Gasteiger partial charge in [0.2, 0.25) is 0 Å². The summed E-state index contributed by atoms with van der Waals surface area (Å²) >= 11 is 0. The molecule has 0 spiro atoms.